The number of rotatable bonds is 4. The van der Waals surface area contributed by atoms with E-state index >= 15 is 0 Å². The van der Waals surface area contributed by atoms with Gasteiger partial charge in [0.1, 0.15) is 11.6 Å². The van der Waals surface area contributed by atoms with Crippen molar-refractivity contribution >= 4 is 5.91 Å². The molecule has 0 saturated carbocycles. The van der Waals surface area contributed by atoms with Crippen LogP contribution in [-0.4, -0.2) is 35.1 Å². The molecule has 1 aromatic rings. The fourth-order valence-corrected chi connectivity index (χ4v) is 2.39. The standard InChI is InChI=1S/C15H20FNO3/c1-10(18)13-6-5-12(16)9-14(13)20-11(2)15(19)17-7-3-4-8-17/h5-6,9-11,18H,3-4,7-8H2,1-2H3. The highest BCUT2D eigenvalue weighted by Gasteiger charge is 2.25. The molecule has 1 N–H and O–H groups in total. The zero-order valence-electron chi connectivity index (χ0n) is 11.8. The summed E-state index contributed by atoms with van der Waals surface area (Å²) in [6.45, 7) is 4.72. The predicted molar refractivity (Wildman–Crippen MR) is 72.9 cm³/mol. The average Bonchev–Trinajstić information content (AvgIpc) is 2.91. The number of likely N-dealkylation sites (tertiary alicyclic amines) is 1. The molecule has 2 atom stereocenters. The first-order valence-electron chi connectivity index (χ1n) is 6.92. The minimum Gasteiger partial charge on any atom is -0.480 e. The zero-order chi connectivity index (χ0) is 14.7. The Morgan fingerprint density at radius 2 is 2.00 bits per heavy atom. The van der Waals surface area contributed by atoms with Crippen LogP contribution in [0.1, 0.15) is 38.4 Å². The van der Waals surface area contributed by atoms with Gasteiger partial charge in [-0.15, -0.1) is 0 Å². The van der Waals surface area contributed by atoms with Crippen LogP contribution in [0, 0.1) is 5.82 Å². The number of hydrogen-bond donors (Lipinski definition) is 1. The molecule has 2 unspecified atom stereocenters. The van der Waals surface area contributed by atoms with Crippen LogP contribution in [-0.2, 0) is 4.79 Å². The highest BCUT2D eigenvalue weighted by Crippen LogP contribution is 2.27. The second-order valence-electron chi connectivity index (χ2n) is 5.15. The fraction of sp³-hybridized carbons (Fsp3) is 0.533. The fourth-order valence-electron chi connectivity index (χ4n) is 2.39. The molecule has 0 aliphatic carbocycles. The van der Waals surface area contributed by atoms with Crippen LogP contribution in [0.2, 0.25) is 0 Å². The maximum Gasteiger partial charge on any atom is 0.263 e. The largest absolute Gasteiger partial charge is 0.480 e. The van der Waals surface area contributed by atoms with E-state index in [4.69, 9.17) is 4.74 Å². The Morgan fingerprint density at radius 3 is 2.60 bits per heavy atom. The lowest BCUT2D eigenvalue weighted by molar-refractivity contribution is -0.136. The van der Waals surface area contributed by atoms with Gasteiger partial charge in [0.15, 0.2) is 6.10 Å². The van der Waals surface area contributed by atoms with Crippen LogP contribution in [0.3, 0.4) is 0 Å². The number of aliphatic hydroxyl groups excluding tert-OH is 1. The number of halogens is 1. The lowest BCUT2D eigenvalue weighted by Gasteiger charge is -2.22. The lowest BCUT2D eigenvalue weighted by Crippen LogP contribution is -2.38. The number of carbonyl (C=O) groups is 1. The molecule has 1 fully saturated rings. The number of amides is 1. The predicted octanol–water partition coefficient (Wildman–Crippen LogP) is 2.27. The second-order valence-corrected chi connectivity index (χ2v) is 5.15. The van der Waals surface area contributed by atoms with Crippen molar-refractivity contribution in [2.75, 3.05) is 13.1 Å². The van der Waals surface area contributed by atoms with Crippen molar-refractivity contribution in [1.29, 1.82) is 0 Å². The Labute approximate surface area is 118 Å². The average molecular weight is 281 g/mol. The summed E-state index contributed by atoms with van der Waals surface area (Å²) in [6, 6.07) is 3.94. The van der Waals surface area contributed by atoms with E-state index in [1.54, 1.807) is 18.7 Å². The van der Waals surface area contributed by atoms with Crippen LogP contribution >= 0.6 is 0 Å². The van der Waals surface area contributed by atoms with Gasteiger partial charge in [-0.3, -0.25) is 4.79 Å². The lowest BCUT2D eigenvalue weighted by atomic mass is 10.1. The van der Waals surface area contributed by atoms with Gasteiger partial charge >= 0.3 is 0 Å². The molecule has 1 aliphatic heterocycles. The van der Waals surface area contributed by atoms with Crippen molar-refractivity contribution in [2.45, 2.75) is 38.9 Å². The summed E-state index contributed by atoms with van der Waals surface area (Å²) in [6.07, 6.45) is 0.557. The maximum absolute atomic E-state index is 13.3. The van der Waals surface area contributed by atoms with E-state index in [2.05, 4.69) is 0 Å². The van der Waals surface area contributed by atoms with E-state index in [0.717, 1.165) is 25.9 Å². The van der Waals surface area contributed by atoms with E-state index in [1.807, 2.05) is 0 Å². The minimum atomic E-state index is -0.778. The molecule has 5 heteroatoms. The molecule has 0 bridgehead atoms. The van der Waals surface area contributed by atoms with Gasteiger partial charge in [0.05, 0.1) is 6.10 Å². The zero-order valence-corrected chi connectivity index (χ0v) is 11.8. The van der Waals surface area contributed by atoms with Crippen molar-refractivity contribution in [3.8, 4) is 5.75 Å². The van der Waals surface area contributed by atoms with E-state index in [0.29, 0.717) is 5.56 Å². The van der Waals surface area contributed by atoms with Crippen LogP contribution in [0.25, 0.3) is 0 Å². The Bertz CT molecular complexity index is 484. The number of benzene rings is 1. The van der Waals surface area contributed by atoms with Gasteiger partial charge in [0.2, 0.25) is 0 Å². The number of aliphatic hydroxyl groups is 1. The molecule has 1 aromatic carbocycles. The van der Waals surface area contributed by atoms with Crippen LogP contribution in [0.5, 0.6) is 5.75 Å². The summed E-state index contributed by atoms with van der Waals surface area (Å²) >= 11 is 0. The van der Waals surface area contributed by atoms with Gasteiger partial charge in [-0.1, -0.05) is 0 Å². The molecule has 1 amide bonds. The quantitative estimate of drug-likeness (QED) is 0.921. The molecule has 1 saturated heterocycles. The number of carbonyl (C=O) groups excluding carboxylic acids is 1. The molecule has 1 heterocycles. The highest BCUT2D eigenvalue weighted by molar-refractivity contribution is 5.81. The number of ether oxygens (including phenoxy) is 1. The van der Waals surface area contributed by atoms with E-state index in [-0.39, 0.29) is 11.7 Å². The molecule has 4 nitrogen and oxygen atoms in total. The molecule has 20 heavy (non-hydrogen) atoms. The first-order chi connectivity index (χ1) is 9.49. The van der Waals surface area contributed by atoms with E-state index in [9.17, 15) is 14.3 Å². The third kappa shape index (κ3) is 3.28. The number of nitrogens with zero attached hydrogens (tertiary/aromatic N) is 1. The van der Waals surface area contributed by atoms with Crippen molar-refractivity contribution < 1.29 is 19.0 Å². The molecular formula is C15H20FNO3. The summed E-state index contributed by atoms with van der Waals surface area (Å²) in [5, 5.41) is 9.66. The Kier molecular flexibility index (Phi) is 4.60. The Balaban J connectivity index is 2.12. The summed E-state index contributed by atoms with van der Waals surface area (Å²) < 4.78 is 18.9. The van der Waals surface area contributed by atoms with Gasteiger partial charge < -0.3 is 14.7 Å². The Morgan fingerprint density at radius 1 is 1.35 bits per heavy atom. The Hall–Kier alpha value is -1.62. The molecule has 0 aromatic heterocycles. The molecule has 0 spiro atoms. The van der Waals surface area contributed by atoms with Gasteiger partial charge in [-0.25, -0.2) is 4.39 Å². The van der Waals surface area contributed by atoms with Crippen molar-refractivity contribution in [2.24, 2.45) is 0 Å². The van der Waals surface area contributed by atoms with Gasteiger partial charge in [0, 0.05) is 24.7 Å². The van der Waals surface area contributed by atoms with Crippen molar-refractivity contribution in [3.05, 3.63) is 29.6 Å². The summed E-state index contributed by atoms with van der Waals surface area (Å²) in [7, 11) is 0. The second kappa shape index (κ2) is 6.22. The molecule has 110 valence electrons. The van der Waals surface area contributed by atoms with Crippen LogP contribution < -0.4 is 4.74 Å². The topological polar surface area (TPSA) is 49.8 Å². The highest BCUT2D eigenvalue weighted by atomic mass is 19.1. The summed E-state index contributed by atoms with van der Waals surface area (Å²) in [5.74, 6) is -0.325. The SMILES string of the molecule is CC(Oc1cc(F)ccc1C(C)O)C(=O)N1CCCC1. The minimum absolute atomic E-state index is 0.0942. The first-order valence-corrected chi connectivity index (χ1v) is 6.92. The van der Waals surface area contributed by atoms with E-state index < -0.39 is 18.0 Å². The van der Waals surface area contributed by atoms with Gasteiger partial charge in [-0.05, 0) is 38.8 Å². The molecule has 0 radical (unpaired) electrons. The third-order valence-corrected chi connectivity index (χ3v) is 3.49. The summed E-state index contributed by atoms with van der Waals surface area (Å²) in [5.41, 5.74) is 0.479. The van der Waals surface area contributed by atoms with E-state index in [1.165, 1.54) is 18.2 Å². The normalized spacial score (nSPS) is 17.9. The van der Waals surface area contributed by atoms with Crippen molar-refractivity contribution in [3.63, 3.8) is 0 Å². The monoisotopic (exact) mass is 281 g/mol. The van der Waals surface area contributed by atoms with Gasteiger partial charge in [0.25, 0.3) is 5.91 Å². The molecular weight excluding hydrogens is 261 g/mol. The molecule has 2 rings (SSSR count). The first kappa shape index (κ1) is 14.8. The molecule has 1 aliphatic rings. The van der Waals surface area contributed by atoms with Crippen molar-refractivity contribution in [1.82, 2.24) is 4.90 Å². The summed E-state index contributed by atoms with van der Waals surface area (Å²) in [4.78, 5) is 13.9. The number of hydrogen-bond acceptors (Lipinski definition) is 3. The smallest absolute Gasteiger partial charge is 0.263 e. The van der Waals surface area contributed by atoms with Crippen LogP contribution in [0.4, 0.5) is 4.39 Å². The third-order valence-electron chi connectivity index (χ3n) is 3.49. The maximum atomic E-state index is 13.3. The van der Waals surface area contributed by atoms with Crippen LogP contribution in [0.15, 0.2) is 18.2 Å². The van der Waals surface area contributed by atoms with Gasteiger partial charge in [-0.2, -0.15) is 0 Å².